The molecule has 2 heteroatoms. The van der Waals surface area contributed by atoms with Crippen molar-refractivity contribution in [2.24, 2.45) is 40.4 Å². The molecule has 4 aliphatic rings. The molecule has 144 valence electrons. The number of nitrogens with zero attached hydrogens (tertiary/aromatic N) is 1. The second-order valence-electron chi connectivity index (χ2n) is 11.0. The van der Waals surface area contributed by atoms with Crippen LogP contribution in [0.25, 0.3) is 0 Å². The first-order chi connectivity index (χ1) is 11.8. The van der Waals surface area contributed by atoms with Crippen molar-refractivity contribution in [3.8, 4) is 0 Å². The molecule has 1 N–H and O–H groups in total. The summed E-state index contributed by atoms with van der Waals surface area (Å²) < 4.78 is 0. The summed E-state index contributed by atoms with van der Waals surface area (Å²) in [6.07, 6.45) is 12.1. The molecule has 4 saturated carbocycles. The number of fused-ring (bicyclic) bond motifs is 5. The molecule has 0 saturated heterocycles. The molecule has 0 aromatic carbocycles. The standard InChI is InChI=1S/C23H41NO/c1-15(24(4)5)19-8-9-20-18-7-6-16-14-17(25)10-12-22(16,2)21(18)11-13-23(19,20)3/h15-21,25H,6-14H2,1-5H3/t15-,16+,17-,18+,19-,20+,21+,22+,23-/m1/s1. The third kappa shape index (κ3) is 2.64. The van der Waals surface area contributed by atoms with Gasteiger partial charge in [0.25, 0.3) is 0 Å². The van der Waals surface area contributed by atoms with Gasteiger partial charge in [-0.05, 0) is 119 Å². The highest BCUT2D eigenvalue weighted by Gasteiger charge is 2.60. The summed E-state index contributed by atoms with van der Waals surface area (Å²) in [4.78, 5) is 2.46. The minimum Gasteiger partial charge on any atom is -0.393 e. The zero-order valence-electron chi connectivity index (χ0n) is 17.3. The molecule has 0 bridgehead atoms. The molecule has 2 nitrogen and oxygen atoms in total. The fraction of sp³-hybridized carbons (Fsp3) is 1.00. The number of hydrogen-bond donors (Lipinski definition) is 1. The van der Waals surface area contributed by atoms with E-state index in [9.17, 15) is 5.11 Å². The first-order valence-electron chi connectivity index (χ1n) is 11.1. The smallest absolute Gasteiger partial charge is 0.0543 e. The molecule has 4 aliphatic carbocycles. The van der Waals surface area contributed by atoms with E-state index in [1.807, 2.05) is 0 Å². The Morgan fingerprint density at radius 2 is 1.56 bits per heavy atom. The van der Waals surface area contributed by atoms with Crippen molar-refractivity contribution in [2.45, 2.75) is 90.7 Å². The number of aliphatic hydroxyl groups is 1. The van der Waals surface area contributed by atoms with E-state index in [-0.39, 0.29) is 6.10 Å². The van der Waals surface area contributed by atoms with Gasteiger partial charge in [-0.25, -0.2) is 0 Å². The first-order valence-corrected chi connectivity index (χ1v) is 11.1. The van der Waals surface area contributed by atoms with E-state index >= 15 is 0 Å². The second kappa shape index (κ2) is 6.23. The molecular weight excluding hydrogens is 306 g/mol. The summed E-state index contributed by atoms with van der Waals surface area (Å²) in [7, 11) is 4.54. The predicted molar refractivity (Wildman–Crippen MR) is 104 cm³/mol. The van der Waals surface area contributed by atoms with Gasteiger partial charge in [0.05, 0.1) is 6.10 Å². The topological polar surface area (TPSA) is 23.5 Å². The van der Waals surface area contributed by atoms with E-state index in [0.717, 1.165) is 42.4 Å². The normalized spacial score (nSPS) is 53.9. The third-order valence-corrected chi connectivity index (χ3v) is 10.1. The van der Waals surface area contributed by atoms with Gasteiger partial charge in [0.1, 0.15) is 0 Å². The fourth-order valence-electron chi connectivity index (χ4n) is 8.43. The lowest BCUT2D eigenvalue weighted by Crippen LogP contribution is -2.55. The molecule has 25 heavy (non-hydrogen) atoms. The minimum atomic E-state index is -0.0136. The molecule has 0 radical (unpaired) electrons. The van der Waals surface area contributed by atoms with Crippen LogP contribution >= 0.6 is 0 Å². The third-order valence-electron chi connectivity index (χ3n) is 10.1. The van der Waals surface area contributed by atoms with Crippen molar-refractivity contribution in [3.05, 3.63) is 0 Å². The van der Waals surface area contributed by atoms with Crippen molar-refractivity contribution < 1.29 is 5.11 Å². The lowest BCUT2D eigenvalue weighted by Gasteiger charge is -2.61. The van der Waals surface area contributed by atoms with Crippen molar-refractivity contribution in [2.75, 3.05) is 14.1 Å². The van der Waals surface area contributed by atoms with Crippen molar-refractivity contribution >= 4 is 0 Å². The largest absolute Gasteiger partial charge is 0.393 e. The molecule has 0 aliphatic heterocycles. The average Bonchev–Trinajstić information content (AvgIpc) is 2.92. The maximum absolute atomic E-state index is 10.2. The molecule has 0 heterocycles. The summed E-state index contributed by atoms with van der Waals surface area (Å²) in [6.45, 7) is 7.73. The molecular formula is C23H41NO. The zero-order valence-corrected chi connectivity index (χ0v) is 17.3. The van der Waals surface area contributed by atoms with Crippen LogP contribution < -0.4 is 0 Å². The van der Waals surface area contributed by atoms with E-state index < -0.39 is 0 Å². The number of rotatable bonds is 2. The van der Waals surface area contributed by atoms with Crippen LogP contribution in [0.5, 0.6) is 0 Å². The lowest BCUT2D eigenvalue weighted by atomic mass is 9.44. The Hall–Kier alpha value is -0.0800. The van der Waals surface area contributed by atoms with Gasteiger partial charge in [-0.2, -0.15) is 0 Å². The molecule has 0 spiro atoms. The highest BCUT2D eigenvalue weighted by Crippen LogP contribution is 2.67. The highest BCUT2D eigenvalue weighted by atomic mass is 16.3. The Labute approximate surface area is 155 Å². The van der Waals surface area contributed by atoms with Gasteiger partial charge >= 0.3 is 0 Å². The van der Waals surface area contributed by atoms with Crippen LogP contribution in [0.3, 0.4) is 0 Å². The summed E-state index contributed by atoms with van der Waals surface area (Å²) in [6, 6.07) is 0.711. The van der Waals surface area contributed by atoms with Gasteiger partial charge in [-0.15, -0.1) is 0 Å². The summed E-state index contributed by atoms with van der Waals surface area (Å²) in [5.74, 6) is 4.54. The summed E-state index contributed by atoms with van der Waals surface area (Å²) in [5, 5.41) is 10.2. The van der Waals surface area contributed by atoms with Crippen LogP contribution in [0.4, 0.5) is 0 Å². The second-order valence-corrected chi connectivity index (χ2v) is 11.0. The average molecular weight is 348 g/mol. The van der Waals surface area contributed by atoms with Crippen LogP contribution in [0.15, 0.2) is 0 Å². The van der Waals surface area contributed by atoms with Gasteiger partial charge in [0, 0.05) is 6.04 Å². The summed E-state index contributed by atoms with van der Waals surface area (Å²) in [5.41, 5.74) is 1.09. The van der Waals surface area contributed by atoms with Crippen molar-refractivity contribution in [3.63, 3.8) is 0 Å². The quantitative estimate of drug-likeness (QED) is 0.763. The van der Waals surface area contributed by atoms with E-state index in [1.54, 1.807) is 0 Å². The van der Waals surface area contributed by atoms with Gasteiger partial charge in [0.2, 0.25) is 0 Å². The van der Waals surface area contributed by atoms with E-state index in [0.29, 0.717) is 16.9 Å². The maximum Gasteiger partial charge on any atom is 0.0543 e. The SMILES string of the molecule is C[C@H]([C@H]1CC[C@H]2[C@@H]3CC[C@H]4C[C@H](O)CC[C@]4(C)[C@H]3CC[C@]12C)N(C)C. The molecule has 4 rings (SSSR count). The van der Waals surface area contributed by atoms with Gasteiger partial charge in [-0.1, -0.05) is 13.8 Å². The zero-order chi connectivity index (χ0) is 18.0. The predicted octanol–water partition coefficient (Wildman–Crippen LogP) is 4.96. The van der Waals surface area contributed by atoms with E-state index in [1.165, 1.54) is 44.9 Å². The van der Waals surface area contributed by atoms with Crippen LogP contribution in [0.2, 0.25) is 0 Å². The number of hydrogen-bond acceptors (Lipinski definition) is 2. The van der Waals surface area contributed by atoms with Crippen molar-refractivity contribution in [1.82, 2.24) is 4.90 Å². The van der Waals surface area contributed by atoms with Crippen LogP contribution in [-0.4, -0.2) is 36.2 Å². The highest BCUT2D eigenvalue weighted by molar-refractivity contribution is 5.10. The monoisotopic (exact) mass is 347 g/mol. The van der Waals surface area contributed by atoms with Gasteiger partial charge in [0.15, 0.2) is 0 Å². The molecule has 0 aromatic heterocycles. The van der Waals surface area contributed by atoms with E-state index in [2.05, 4.69) is 39.8 Å². The maximum atomic E-state index is 10.2. The Balaban J connectivity index is 1.58. The fourth-order valence-corrected chi connectivity index (χ4v) is 8.43. The Bertz CT molecular complexity index is 504. The Morgan fingerprint density at radius 3 is 2.28 bits per heavy atom. The van der Waals surface area contributed by atoms with E-state index in [4.69, 9.17) is 0 Å². The number of aliphatic hydroxyl groups excluding tert-OH is 1. The molecule has 0 amide bonds. The Morgan fingerprint density at radius 1 is 0.880 bits per heavy atom. The van der Waals surface area contributed by atoms with Gasteiger partial charge < -0.3 is 10.0 Å². The molecule has 4 fully saturated rings. The van der Waals surface area contributed by atoms with Gasteiger partial charge in [-0.3, -0.25) is 0 Å². The first kappa shape index (κ1) is 18.3. The molecule has 0 aromatic rings. The van der Waals surface area contributed by atoms with Crippen LogP contribution in [-0.2, 0) is 0 Å². The molecule has 9 atom stereocenters. The lowest BCUT2D eigenvalue weighted by molar-refractivity contribution is -0.129. The minimum absolute atomic E-state index is 0.0136. The molecule has 0 unspecified atom stereocenters. The van der Waals surface area contributed by atoms with Crippen LogP contribution in [0.1, 0.15) is 78.6 Å². The summed E-state index contributed by atoms with van der Waals surface area (Å²) >= 11 is 0. The van der Waals surface area contributed by atoms with Crippen molar-refractivity contribution in [1.29, 1.82) is 0 Å². The van der Waals surface area contributed by atoms with Crippen LogP contribution in [0, 0.1) is 40.4 Å². The Kier molecular flexibility index (Phi) is 4.56.